The van der Waals surface area contributed by atoms with Crippen molar-refractivity contribution in [3.05, 3.63) is 65.7 Å². The quantitative estimate of drug-likeness (QED) is 0.0235. The van der Waals surface area contributed by atoms with Crippen LogP contribution in [0.2, 0.25) is 0 Å². The number of carbonyl (C=O) groups is 11. The molecule has 98 heavy (non-hydrogen) atoms. The van der Waals surface area contributed by atoms with Crippen LogP contribution in [0, 0.1) is 47.3 Å². The number of amides is 8. The third-order valence-electron chi connectivity index (χ3n) is 19.2. The van der Waals surface area contributed by atoms with Gasteiger partial charge in [-0.25, -0.2) is 4.79 Å². The number of benzene rings is 2. The van der Waals surface area contributed by atoms with Crippen molar-refractivity contribution in [1.82, 2.24) is 30.2 Å². The molecule has 4 rings (SSSR count). The van der Waals surface area contributed by atoms with Crippen LogP contribution in [-0.2, 0) is 68.8 Å². The number of hydrogen-bond donors (Lipinski definition) is 5. The summed E-state index contributed by atoms with van der Waals surface area (Å²) in [5.74, 6) is -3.97. The van der Waals surface area contributed by atoms with Gasteiger partial charge in [0.05, 0.1) is 54.2 Å². The SMILES string of the molecule is CC[C@H](C)C([C@@H](CC(=O)N1CCC[C@H]1[C@H](OC)[C@@H](C)C(=O)C[C@H](C)[C@@H](O)c1ccccc1)OC)N(C)C(=O)[C@@H](CC(=O)[C@H](C(C)C)N(C)C)C(C)C.CSC1CC(=O)N(CCCCCC(=O)NC(C(=O)C[C@@H](CCCNC(N)=O)C(=O)Nc2ccc(COC(C)=O)cc2)C(C)C)C1=O. The summed E-state index contributed by atoms with van der Waals surface area (Å²) >= 11 is 1.37. The molecule has 550 valence electrons. The van der Waals surface area contributed by atoms with Crippen molar-refractivity contribution in [2.75, 3.05) is 66.6 Å². The van der Waals surface area contributed by atoms with Gasteiger partial charge in [-0.1, -0.05) is 125 Å². The Labute approximate surface area is 587 Å². The zero-order valence-corrected chi connectivity index (χ0v) is 62.4. The fraction of sp³-hybridized carbons (Fsp3) is 0.689. The molecule has 6 N–H and O–H groups in total. The molecule has 0 aromatic heterocycles. The molecule has 2 fully saturated rings. The number of ether oxygens (including phenoxy) is 3. The summed E-state index contributed by atoms with van der Waals surface area (Å²) in [7, 11) is 8.76. The van der Waals surface area contributed by atoms with Crippen molar-refractivity contribution in [2.45, 2.75) is 220 Å². The minimum atomic E-state index is -0.796. The molecule has 2 saturated heterocycles. The molecule has 8 amide bonds. The summed E-state index contributed by atoms with van der Waals surface area (Å²) in [6.07, 6.45) is 5.41. The lowest BCUT2D eigenvalue weighted by Gasteiger charge is -2.41. The highest BCUT2D eigenvalue weighted by atomic mass is 32.2. The van der Waals surface area contributed by atoms with E-state index in [1.165, 1.54) is 23.6 Å². The Balaban J connectivity index is 0.000000514. The van der Waals surface area contributed by atoms with Gasteiger partial charge in [-0.05, 0) is 112 Å². The maximum Gasteiger partial charge on any atom is 0.312 e. The summed E-state index contributed by atoms with van der Waals surface area (Å²) < 4.78 is 17.0. The number of nitrogens with two attached hydrogens (primary N) is 1. The van der Waals surface area contributed by atoms with Crippen molar-refractivity contribution in [3.8, 4) is 0 Å². The average molecular weight is 1390 g/mol. The van der Waals surface area contributed by atoms with E-state index in [0.717, 1.165) is 24.0 Å². The number of likely N-dealkylation sites (N-methyl/N-ethyl adjacent to an activating group) is 2. The number of imide groups is 1. The van der Waals surface area contributed by atoms with E-state index in [2.05, 4.69) is 29.8 Å². The normalized spacial score (nSPS) is 18.1. The Kier molecular flexibility index (Phi) is 37.7. The van der Waals surface area contributed by atoms with Gasteiger partial charge in [-0.15, -0.1) is 0 Å². The predicted molar refractivity (Wildman–Crippen MR) is 381 cm³/mol. The molecule has 13 atom stereocenters. The molecule has 3 unspecified atom stereocenters. The highest BCUT2D eigenvalue weighted by molar-refractivity contribution is 8.00. The number of urea groups is 1. The number of ketones is 3. The van der Waals surface area contributed by atoms with Crippen LogP contribution in [0.5, 0.6) is 0 Å². The fourth-order valence-electron chi connectivity index (χ4n) is 13.4. The van der Waals surface area contributed by atoms with Crippen molar-refractivity contribution in [1.29, 1.82) is 0 Å². The van der Waals surface area contributed by atoms with Gasteiger partial charge in [-0.3, -0.25) is 57.7 Å². The average Bonchev–Trinajstić information content (AvgIpc) is 1.43. The predicted octanol–water partition coefficient (Wildman–Crippen LogP) is 8.96. The lowest BCUT2D eigenvalue weighted by molar-refractivity contribution is -0.149. The van der Waals surface area contributed by atoms with E-state index < -0.39 is 60.1 Å². The molecule has 0 bridgehead atoms. The number of nitrogens with zero attached hydrogens (tertiary/aromatic N) is 4. The Morgan fingerprint density at radius 1 is 0.765 bits per heavy atom. The first kappa shape index (κ1) is 85.6. The van der Waals surface area contributed by atoms with E-state index in [1.54, 1.807) is 50.4 Å². The van der Waals surface area contributed by atoms with Crippen LogP contribution in [0.3, 0.4) is 0 Å². The molecule has 2 aromatic rings. The van der Waals surface area contributed by atoms with E-state index in [0.29, 0.717) is 57.3 Å². The van der Waals surface area contributed by atoms with Crippen molar-refractivity contribution < 1.29 is 72.1 Å². The molecular weight excluding hydrogens is 1270 g/mol. The first-order chi connectivity index (χ1) is 46.2. The second-order valence-corrected chi connectivity index (χ2v) is 29.0. The minimum absolute atomic E-state index is 0.0103. The van der Waals surface area contributed by atoms with Crippen LogP contribution in [-0.4, -0.2) is 192 Å². The number of carbonyl (C=O) groups excluding carboxylic acids is 11. The number of likely N-dealkylation sites (tertiary alicyclic amines) is 2. The van der Waals surface area contributed by atoms with Gasteiger partial charge in [0.15, 0.2) is 11.6 Å². The number of hydrogen-bond acceptors (Lipinski definition) is 17. The van der Waals surface area contributed by atoms with Crippen molar-refractivity contribution in [2.24, 2.45) is 53.1 Å². The van der Waals surface area contributed by atoms with Gasteiger partial charge in [0.1, 0.15) is 12.4 Å². The number of methoxy groups -OCH3 is 2. The number of anilines is 1. The monoisotopic (exact) mass is 1390 g/mol. The van der Waals surface area contributed by atoms with E-state index in [-0.39, 0.29) is 151 Å². The molecule has 0 radical (unpaired) electrons. The van der Waals surface area contributed by atoms with Gasteiger partial charge >= 0.3 is 12.0 Å². The fourth-order valence-corrected chi connectivity index (χ4v) is 14.1. The Hall–Kier alpha value is -6.60. The topological polar surface area (TPSA) is 311 Å². The van der Waals surface area contributed by atoms with Crippen LogP contribution in [0.1, 0.15) is 183 Å². The lowest BCUT2D eigenvalue weighted by atomic mass is 9.83. The summed E-state index contributed by atoms with van der Waals surface area (Å²) in [5, 5.41) is 18.7. The lowest BCUT2D eigenvalue weighted by Crippen LogP contribution is -2.54. The van der Waals surface area contributed by atoms with Crippen LogP contribution in [0.25, 0.3) is 0 Å². The second-order valence-electron chi connectivity index (χ2n) is 27.9. The summed E-state index contributed by atoms with van der Waals surface area (Å²) in [5.41, 5.74) is 7.16. The molecular formula is C74H118N8O15S. The zero-order valence-electron chi connectivity index (χ0n) is 61.6. The minimum Gasteiger partial charge on any atom is -0.461 e. The van der Waals surface area contributed by atoms with Gasteiger partial charge in [0.2, 0.25) is 35.4 Å². The Morgan fingerprint density at radius 2 is 1.42 bits per heavy atom. The summed E-state index contributed by atoms with van der Waals surface area (Å²) in [4.78, 5) is 148. The summed E-state index contributed by atoms with van der Waals surface area (Å²) in [6, 6.07) is 13.7. The third kappa shape index (κ3) is 26.8. The molecule has 24 heteroatoms. The van der Waals surface area contributed by atoms with Crippen molar-refractivity contribution in [3.63, 3.8) is 0 Å². The first-order valence-corrected chi connectivity index (χ1v) is 36.4. The number of rotatable bonds is 42. The number of nitrogens with one attached hydrogen (secondary N) is 3. The molecule has 0 aliphatic carbocycles. The smallest absolute Gasteiger partial charge is 0.312 e. The highest BCUT2D eigenvalue weighted by Gasteiger charge is 2.44. The first-order valence-electron chi connectivity index (χ1n) is 35.1. The maximum atomic E-state index is 14.3. The van der Waals surface area contributed by atoms with Gasteiger partial charge in [0, 0.05) is 103 Å². The number of thioether (sulfide) groups is 1. The number of primary amides is 1. The molecule has 2 aliphatic rings. The number of esters is 1. The number of aliphatic hydroxyl groups is 1. The van der Waals surface area contributed by atoms with E-state index in [9.17, 15) is 57.8 Å². The van der Waals surface area contributed by atoms with Gasteiger partial charge < -0.3 is 50.8 Å². The van der Waals surface area contributed by atoms with Crippen molar-refractivity contribution >= 4 is 82.2 Å². The Morgan fingerprint density at radius 3 is 1.96 bits per heavy atom. The molecule has 0 saturated carbocycles. The molecule has 0 spiro atoms. The molecule has 2 heterocycles. The van der Waals surface area contributed by atoms with Crippen LogP contribution >= 0.6 is 11.8 Å². The number of unbranched alkanes of at least 4 members (excludes halogenated alkanes) is 2. The van der Waals surface area contributed by atoms with Gasteiger partial charge in [0.25, 0.3) is 0 Å². The van der Waals surface area contributed by atoms with E-state index >= 15 is 0 Å². The standard InChI is InChI=1S/C42H71N3O7.C32H47N5O8S/c1-14-28(6)39(44(11)42(50)32(26(2)3)24-35(47)38(27(4)5)43(9)10)36(51-12)25-37(48)45-22-18-21-33(45)41(52-13)30(8)34(46)23-29(7)40(49)31-19-16-15-17-20-31;1-20(2)29(36-27(40)10-6-5-7-16-37-28(41)18-26(46-4)31(37)43)25(39)17-23(9-8-15-34-32(33)44)30(42)35-24-13-11-22(12-14-24)19-45-21(3)38/h15-17,19-20,26-30,32-33,36,38-41,49H,14,18,21-25H2,1-13H3;11-14,20,23,26,29H,5-10,15-19H2,1-4H3,(H,35,42)(H,36,40)(H3,33,34,44)/t28-,29-,30-,32-,33-,36+,38-,39?,40+,41+;23-,26?,29?/m01/s1. The number of aliphatic hydroxyl groups excluding tert-OH is 1. The van der Waals surface area contributed by atoms with Crippen LogP contribution in [0.4, 0.5) is 10.5 Å². The summed E-state index contributed by atoms with van der Waals surface area (Å²) in [6.45, 7) is 22.1. The maximum absolute atomic E-state index is 14.3. The number of Topliss-reactive ketones (excluding diaryl/α,β-unsaturated/α-hetero) is 3. The molecule has 2 aromatic carbocycles. The van der Waals surface area contributed by atoms with Crippen LogP contribution < -0.4 is 21.7 Å². The molecule has 23 nitrogen and oxygen atoms in total. The van der Waals surface area contributed by atoms with Gasteiger partial charge in [-0.2, -0.15) is 11.8 Å². The Bertz CT molecular complexity index is 2890. The highest BCUT2D eigenvalue weighted by Crippen LogP contribution is 2.34. The van der Waals surface area contributed by atoms with E-state index in [1.807, 2.05) is 116 Å². The largest absolute Gasteiger partial charge is 0.461 e. The molecule has 2 aliphatic heterocycles. The second kappa shape index (κ2) is 43.1. The van der Waals surface area contributed by atoms with E-state index in [4.69, 9.17) is 19.9 Å². The third-order valence-corrected chi connectivity index (χ3v) is 20.2. The zero-order chi connectivity index (χ0) is 73.7. The van der Waals surface area contributed by atoms with Crippen LogP contribution in [0.15, 0.2) is 54.6 Å².